The summed E-state index contributed by atoms with van der Waals surface area (Å²) < 4.78 is 11.1. The normalized spacial score (nSPS) is 10.4. The van der Waals surface area contributed by atoms with Crippen LogP contribution in [0.4, 0.5) is 0 Å². The van der Waals surface area contributed by atoms with Crippen molar-refractivity contribution in [3.63, 3.8) is 0 Å². The number of benzene rings is 1. The van der Waals surface area contributed by atoms with E-state index < -0.39 is 0 Å². The highest BCUT2D eigenvalue weighted by atomic mass is 35.5. The first-order valence-electron chi connectivity index (χ1n) is 5.50. The number of thiazole rings is 1. The number of rotatable bonds is 5. The molecule has 0 radical (unpaired) electrons. The van der Waals surface area contributed by atoms with Gasteiger partial charge in [-0.05, 0) is 13.0 Å². The highest BCUT2D eigenvalue weighted by Gasteiger charge is 2.10. The highest BCUT2D eigenvalue weighted by Crippen LogP contribution is 2.32. The number of halogens is 1. The molecule has 0 aliphatic rings. The number of para-hydroxylation sites is 1. The standard InChI is InChI=1S/C13H14ClNO2S/c1-9-8-18-12(15-9)7-17-13-10(6-14)4-3-5-11(13)16-2/h3-5,8H,6-7H2,1-2H3. The third-order valence-corrected chi connectivity index (χ3v) is 3.66. The number of aryl methyl sites for hydroxylation is 1. The van der Waals surface area contributed by atoms with Gasteiger partial charge >= 0.3 is 0 Å². The van der Waals surface area contributed by atoms with Crippen LogP contribution in [0.15, 0.2) is 23.6 Å². The third kappa shape index (κ3) is 2.94. The van der Waals surface area contributed by atoms with E-state index in [0.29, 0.717) is 24.0 Å². The molecule has 0 atom stereocenters. The van der Waals surface area contributed by atoms with Crippen LogP contribution < -0.4 is 9.47 Å². The Bertz CT molecular complexity index is 505. The molecule has 18 heavy (non-hydrogen) atoms. The van der Waals surface area contributed by atoms with E-state index in [1.807, 2.05) is 30.5 Å². The average Bonchev–Trinajstić information content (AvgIpc) is 2.81. The van der Waals surface area contributed by atoms with E-state index >= 15 is 0 Å². The van der Waals surface area contributed by atoms with Crippen molar-refractivity contribution in [2.24, 2.45) is 0 Å². The van der Waals surface area contributed by atoms with Crippen LogP contribution in [-0.4, -0.2) is 12.1 Å². The van der Waals surface area contributed by atoms with Crippen LogP contribution >= 0.6 is 22.9 Å². The van der Waals surface area contributed by atoms with Crippen LogP contribution in [0.25, 0.3) is 0 Å². The molecule has 2 aromatic rings. The van der Waals surface area contributed by atoms with Gasteiger partial charge in [0, 0.05) is 16.6 Å². The summed E-state index contributed by atoms with van der Waals surface area (Å²) in [7, 11) is 1.62. The van der Waals surface area contributed by atoms with E-state index in [9.17, 15) is 0 Å². The Labute approximate surface area is 115 Å². The fourth-order valence-electron chi connectivity index (χ4n) is 1.59. The number of ether oxygens (including phenoxy) is 2. The van der Waals surface area contributed by atoms with E-state index in [-0.39, 0.29) is 0 Å². The van der Waals surface area contributed by atoms with Gasteiger partial charge in [0.25, 0.3) is 0 Å². The lowest BCUT2D eigenvalue weighted by Gasteiger charge is -2.12. The van der Waals surface area contributed by atoms with Gasteiger partial charge in [0.1, 0.15) is 11.6 Å². The fourth-order valence-corrected chi connectivity index (χ4v) is 2.49. The monoisotopic (exact) mass is 283 g/mol. The van der Waals surface area contributed by atoms with Gasteiger partial charge in [0.2, 0.25) is 0 Å². The second-order valence-corrected chi connectivity index (χ2v) is 4.96. The summed E-state index contributed by atoms with van der Waals surface area (Å²) in [6.07, 6.45) is 0. The summed E-state index contributed by atoms with van der Waals surface area (Å²) in [5.41, 5.74) is 1.93. The Morgan fingerprint density at radius 1 is 1.39 bits per heavy atom. The Balaban J connectivity index is 2.17. The van der Waals surface area contributed by atoms with E-state index in [1.54, 1.807) is 18.4 Å². The van der Waals surface area contributed by atoms with Crippen LogP contribution in [0.3, 0.4) is 0 Å². The van der Waals surface area contributed by atoms with Crippen LogP contribution in [0.5, 0.6) is 11.5 Å². The third-order valence-electron chi connectivity index (χ3n) is 2.43. The van der Waals surface area contributed by atoms with Gasteiger partial charge in [-0.3, -0.25) is 0 Å². The second kappa shape index (κ2) is 6.07. The Morgan fingerprint density at radius 2 is 2.22 bits per heavy atom. The van der Waals surface area contributed by atoms with Gasteiger partial charge in [0.15, 0.2) is 11.5 Å². The molecule has 3 nitrogen and oxygen atoms in total. The van der Waals surface area contributed by atoms with E-state index in [0.717, 1.165) is 16.3 Å². The maximum atomic E-state index is 5.90. The number of hydrogen-bond acceptors (Lipinski definition) is 4. The van der Waals surface area contributed by atoms with Crippen molar-refractivity contribution >= 4 is 22.9 Å². The summed E-state index contributed by atoms with van der Waals surface area (Å²) in [5, 5.41) is 2.95. The lowest BCUT2D eigenvalue weighted by molar-refractivity contribution is 0.281. The van der Waals surface area contributed by atoms with Crippen molar-refractivity contribution in [2.45, 2.75) is 19.4 Å². The molecule has 0 saturated heterocycles. The molecule has 0 N–H and O–H groups in total. The van der Waals surface area contributed by atoms with E-state index in [4.69, 9.17) is 21.1 Å². The van der Waals surface area contributed by atoms with Gasteiger partial charge in [-0.1, -0.05) is 12.1 Å². The maximum absolute atomic E-state index is 5.90. The molecule has 0 unspecified atom stereocenters. The van der Waals surface area contributed by atoms with Crippen LogP contribution in [0, 0.1) is 6.92 Å². The Morgan fingerprint density at radius 3 is 2.83 bits per heavy atom. The zero-order chi connectivity index (χ0) is 13.0. The van der Waals surface area contributed by atoms with Crippen molar-refractivity contribution in [1.82, 2.24) is 4.98 Å². The lowest BCUT2D eigenvalue weighted by atomic mass is 10.2. The molecule has 1 heterocycles. The van der Waals surface area contributed by atoms with Crippen molar-refractivity contribution in [3.05, 3.63) is 39.8 Å². The summed E-state index contributed by atoms with van der Waals surface area (Å²) in [6.45, 7) is 2.40. The van der Waals surface area contributed by atoms with Crippen molar-refractivity contribution in [2.75, 3.05) is 7.11 Å². The largest absolute Gasteiger partial charge is 0.493 e. The molecule has 96 valence electrons. The number of hydrogen-bond donors (Lipinski definition) is 0. The molecule has 2 rings (SSSR count). The number of aromatic nitrogens is 1. The maximum Gasteiger partial charge on any atom is 0.166 e. The Hall–Kier alpha value is -1.26. The molecule has 1 aromatic heterocycles. The first-order chi connectivity index (χ1) is 8.74. The predicted molar refractivity (Wildman–Crippen MR) is 73.7 cm³/mol. The number of alkyl halides is 1. The van der Waals surface area contributed by atoms with Crippen molar-refractivity contribution in [3.8, 4) is 11.5 Å². The van der Waals surface area contributed by atoms with Gasteiger partial charge in [-0.2, -0.15) is 0 Å². The summed E-state index contributed by atoms with van der Waals surface area (Å²) in [5.74, 6) is 1.79. The quantitative estimate of drug-likeness (QED) is 0.783. The second-order valence-electron chi connectivity index (χ2n) is 3.75. The molecule has 0 aliphatic carbocycles. The molecule has 0 spiro atoms. The predicted octanol–water partition coefficient (Wildman–Crippen LogP) is 3.78. The zero-order valence-corrected chi connectivity index (χ0v) is 11.8. The SMILES string of the molecule is COc1cccc(CCl)c1OCc1nc(C)cs1. The summed E-state index contributed by atoms with van der Waals surface area (Å²) in [4.78, 5) is 4.36. The molecular weight excluding hydrogens is 270 g/mol. The minimum Gasteiger partial charge on any atom is -0.493 e. The lowest BCUT2D eigenvalue weighted by Crippen LogP contribution is -2.00. The van der Waals surface area contributed by atoms with Crippen molar-refractivity contribution < 1.29 is 9.47 Å². The molecule has 5 heteroatoms. The molecule has 0 fully saturated rings. The summed E-state index contributed by atoms with van der Waals surface area (Å²) >= 11 is 7.48. The molecule has 1 aromatic carbocycles. The minimum absolute atomic E-state index is 0.392. The minimum atomic E-state index is 0.392. The highest BCUT2D eigenvalue weighted by molar-refractivity contribution is 7.09. The molecule has 0 bridgehead atoms. The summed E-state index contributed by atoms with van der Waals surface area (Å²) in [6, 6.07) is 5.69. The number of nitrogens with zero attached hydrogens (tertiary/aromatic N) is 1. The molecule has 0 amide bonds. The molecular formula is C13H14ClNO2S. The van der Waals surface area contributed by atoms with Gasteiger partial charge in [-0.25, -0.2) is 4.98 Å². The van der Waals surface area contributed by atoms with E-state index in [1.165, 1.54) is 0 Å². The topological polar surface area (TPSA) is 31.4 Å². The van der Waals surface area contributed by atoms with Crippen LogP contribution in [0.2, 0.25) is 0 Å². The molecule has 0 aliphatic heterocycles. The van der Waals surface area contributed by atoms with Crippen molar-refractivity contribution in [1.29, 1.82) is 0 Å². The smallest absolute Gasteiger partial charge is 0.166 e. The van der Waals surface area contributed by atoms with Gasteiger partial charge in [0.05, 0.1) is 13.0 Å². The fraction of sp³-hybridized carbons (Fsp3) is 0.308. The van der Waals surface area contributed by atoms with Gasteiger partial charge < -0.3 is 9.47 Å². The number of methoxy groups -OCH3 is 1. The first kappa shape index (κ1) is 13.2. The van der Waals surface area contributed by atoms with Gasteiger partial charge in [-0.15, -0.1) is 22.9 Å². The zero-order valence-electron chi connectivity index (χ0n) is 10.3. The van der Waals surface area contributed by atoms with E-state index in [2.05, 4.69) is 4.98 Å². The first-order valence-corrected chi connectivity index (χ1v) is 6.91. The molecule has 0 saturated carbocycles. The van der Waals surface area contributed by atoms with Crippen LogP contribution in [0.1, 0.15) is 16.3 Å². The van der Waals surface area contributed by atoms with Crippen LogP contribution in [-0.2, 0) is 12.5 Å². The average molecular weight is 284 g/mol. The Kier molecular flexibility index (Phi) is 4.44.